The van der Waals surface area contributed by atoms with Crippen molar-refractivity contribution in [3.05, 3.63) is 98.9 Å². The number of ether oxygens (including phenoxy) is 1. The second kappa shape index (κ2) is 10.7. The minimum atomic E-state index is -0.0431. The molecule has 1 aromatic heterocycles. The van der Waals surface area contributed by atoms with Gasteiger partial charge in [-0.25, -0.2) is 0 Å². The van der Waals surface area contributed by atoms with Crippen LogP contribution in [-0.4, -0.2) is 0 Å². The quantitative estimate of drug-likeness (QED) is 0.237. The molecule has 4 heteroatoms. The third-order valence-corrected chi connectivity index (χ3v) is 6.18. The fraction of sp³-hybridized carbons (Fsp3) is 0.276. The first-order chi connectivity index (χ1) is 16.0. The Balaban J connectivity index is 1.69. The zero-order chi connectivity index (χ0) is 23.2. The largest absolute Gasteiger partial charge is 0.488 e. The number of hydrogen-bond donors (Lipinski definition) is 0. The molecule has 4 aromatic rings. The first-order valence-corrected chi connectivity index (χ1v) is 12.0. The molecule has 0 atom stereocenters. The molecule has 0 aliphatic heterocycles. The molecule has 0 unspecified atom stereocenters. The van der Waals surface area contributed by atoms with E-state index >= 15 is 0 Å². The first-order valence-electron chi connectivity index (χ1n) is 11.6. The number of hydrogen-bond acceptors (Lipinski definition) is 3. The molecule has 0 radical (unpaired) electrons. The van der Waals surface area contributed by atoms with Crippen LogP contribution in [0.1, 0.15) is 49.3 Å². The molecule has 0 fully saturated rings. The summed E-state index contributed by atoms with van der Waals surface area (Å²) in [6, 6.07) is 19.4. The maximum atomic E-state index is 13.3. The minimum Gasteiger partial charge on any atom is -0.488 e. The van der Waals surface area contributed by atoms with E-state index < -0.39 is 0 Å². The second-order valence-electron chi connectivity index (χ2n) is 8.53. The lowest BCUT2D eigenvalue weighted by atomic mass is 10.0. The SMILES string of the molecule is CCCCCCc1cc2c(=O)c(-c3ccc(Cl)cc3)coc2cc1OCc1ccc(C)cc1. The van der Waals surface area contributed by atoms with Gasteiger partial charge >= 0.3 is 0 Å². The third-order valence-electron chi connectivity index (χ3n) is 5.93. The van der Waals surface area contributed by atoms with Crippen molar-refractivity contribution in [2.45, 2.75) is 52.6 Å². The van der Waals surface area contributed by atoms with Crippen molar-refractivity contribution in [3.63, 3.8) is 0 Å². The van der Waals surface area contributed by atoms with Crippen molar-refractivity contribution in [1.29, 1.82) is 0 Å². The van der Waals surface area contributed by atoms with Gasteiger partial charge in [0.2, 0.25) is 5.43 Å². The first kappa shape index (κ1) is 23.1. The Labute approximate surface area is 200 Å². The maximum Gasteiger partial charge on any atom is 0.200 e. The van der Waals surface area contributed by atoms with Gasteiger partial charge in [0.05, 0.1) is 10.9 Å². The highest BCUT2D eigenvalue weighted by Crippen LogP contribution is 2.29. The summed E-state index contributed by atoms with van der Waals surface area (Å²) in [7, 11) is 0. The van der Waals surface area contributed by atoms with Crippen LogP contribution in [0.4, 0.5) is 0 Å². The summed E-state index contributed by atoms with van der Waals surface area (Å²) in [6.07, 6.45) is 6.99. The van der Waals surface area contributed by atoms with Crippen molar-refractivity contribution in [2.75, 3.05) is 0 Å². The Morgan fingerprint density at radius 1 is 0.939 bits per heavy atom. The van der Waals surface area contributed by atoms with Crippen molar-refractivity contribution >= 4 is 22.6 Å². The standard InChI is InChI=1S/C29H29ClO3/c1-3-4-5-6-7-23-16-25-28(17-27(23)32-18-21-10-8-20(2)9-11-21)33-19-26(29(25)31)22-12-14-24(30)15-13-22/h8-17,19H,3-7,18H2,1-2H3. The number of rotatable bonds is 9. The Hall–Kier alpha value is -3.04. The Morgan fingerprint density at radius 2 is 1.70 bits per heavy atom. The normalized spacial score (nSPS) is 11.1. The molecule has 1 heterocycles. The molecule has 0 saturated heterocycles. The number of benzene rings is 3. The van der Waals surface area contributed by atoms with Gasteiger partial charge in [0, 0.05) is 11.1 Å². The van der Waals surface area contributed by atoms with Crippen LogP contribution in [0.2, 0.25) is 5.02 Å². The molecule has 33 heavy (non-hydrogen) atoms. The molecule has 0 saturated carbocycles. The smallest absolute Gasteiger partial charge is 0.200 e. The van der Waals surface area contributed by atoms with Gasteiger partial charge in [0.25, 0.3) is 0 Å². The van der Waals surface area contributed by atoms with Gasteiger partial charge in [-0.15, -0.1) is 0 Å². The Bertz CT molecular complexity index is 1270. The molecule has 0 amide bonds. The summed E-state index contributed by atoms with van der Waals surface area (Å²) in [6.45, 7) is 4.75. The minimum absolute atomic E-state index is 0.0431. The number of aryl methyl sites for hydroxylation is 2. The Morgan fingerprint density at radius 3 is 2.42 bits per heavy atom. The summed E-state index contributed by atoms with van der Waals surface area (Å²) in [5.74, 6) is 0.780. The maximum absolute atomic E-state index is 13.3. The highest BCUT2D eigenvalue weighted by Gasteiger charge is 2.14. The number of unbranched alkanes of at least 4 members (excludes halogenated alkanes) is 3. The van der Waals surface area contributed by atoms with E-state index in [4.69, 9.17) is 20.8 Å². The highest BCUT2D eigenvalue weighted by molar-refractivity contribution is 6.30. The predicted octanol–water partition coefficient (Wildman–Crippen LogP) is 8.12. The zero-order valence-electron chi connectivity index (χ0n) is 19.2. The Kier molecular flexibility index (Phi) is 7.51. The fourth-order valence-electron chi connectivity index (χ4n) is 3.95. The summed E-state index contributed by atoms with van der Waals surface area (Å²) in [5.41, 5.74) is 5.19. The molecule has 0 aliphatic carbocycles. The van der Waals surface area contributed by atoms with E-state index in [1.807, 2.05) is 24.3 Å². The van der Waals surface area contributed by atoms with Gasteiger partial charge in [0.15, 0.2) is 0 Å². The summed E-state index contributed by atoms with van der Waals surface area (Å²) < 4.78 is 12.1. The van der Waals surface area contributed by atoms with Gasteiger partial charge in [-0.05, 0) is 54.7 Å². The van der Waals surface area contributed by atoms with E-state index in [0.717, 1.165) is 41.7 Å². The monoisotopic (exact) mass is 460 g/mol. The highest BCUT2D eigenvalue weighted by atomic mass is 35.5. The van der Waals surface area contributed by atoms with Crippen molar-refractivity contribution < 1.29 is 9.15 Å². The molecule has 4 rings (SSSR count). The molecule has 170 valence electrons. The van der Waals surface area contributed by atoms with E-state index in [1.165, 1.54) is 24.7 Å². The van der Waals surface area contributed by atoms with Crippen LogP contribution in [0, 0.1) is 6.92 Å². The molecule has 3 aromatic carbocycles. The van der Waals surface area contributed by atoms with Gasteiger partial charge in [-0.1, -0.05) is 79.7 Å². The molecule has 0 spiro atoms. The van der Waals surface area contributed by atoms with E-state index in [1.54, 1.807) is 12.1 Å². The van der Waals surface area contributed by atoms with E-state index in [0.29, 0.717) is 28.2 Å². The van der Waals surface area contributed by atoms with E-state index in [9.17, 15) is 4.79 Å². The molecule has 0 N–H and O–H groups in total. The van der Waals surface area contributed by atoms with Crippen LogP contribution < -0.4 is 10.2 Å². The average molecular weight is 461 g/mol. The average Bonchev–Trinajstić information content (AvgIpc) is 2.83. The molecule has 0 bridgehead atoms. The number of halogens is 1. The van der Waals surface area contributed by atoms with Crippen LogP contribution in [-0.2, 0) is 13.0 Å². The molecular formula is C29H29ClO3. The van der Waals surface area contributed by atoms with Gasteiger partial charge in [-0.2, -0.15) is 0 Å². The summed E-state index contributed by atoms with van der Waals surface area (Å²) in [5, 5.41) is 1.21. The van der Waals surface area contributed by atoms with Crippen LogP contribution in [0.3, 0.4) is 0 Å². The second-order valence-corrected chi connectivity index (χ2v) is 8.96. The summed E-state index contributed by atoms with van der Waals surface area (Å²) in [4.78, 5) is 13.3. The van der Waals surface area contributed by atoms with E-state index in [-0.39, 0.29) is 5.43 Å². The van der Waals surface area contributed by atoms with E-state index in [2.05, 4.69) is 38.1 Å². The predicted molar refractivity (Wildman–Crippen MR) is 136 cm³/mol. The lowest BCUT2D eigenvalue weighted by Gasteiger charge is -2.14. The van der Waals surface area contributed by atoms with Crippen molar-refractivity contribution in [3.8, 4) is 16.9 Å². The van der Waals surface area contributed by atoms with Gasteiger partial charge in [0.1, 0.15) is 24.2 Å². The molecular weight excluding hydrogens is 432 g/mol. The van der Waals surface area contributed by atoms with Gasteiger partial charge < -0.3 is 9.15 Å². The zero-order valence-corrected chi connectivity index (χ0v) is 20.0. The lowest BCUT2D eigenvalue weighted by molar-refractivity contribution is 0.302. The van der Waals surface area contributed by atoms with Crippen LogP contribution in [0.15, 0.2) is 76.1 Å². The van der Waals surface area contributed by atoms with Crippen LogP contribution in [0.5, 0.6) is 5.75 Å². The molecule has 3 nitrogen and oxygen atoms in total. The fourth-order valence-corrected chi connectivity index (χ4v) is 4.07. The van der Waals surface area contributed by atoms with Crippen LogP contribution in [0.25, 0.3) is 22.1 Å². The lowest BCUT2D eigenvalue weighted by Crippen LogP contribution is -2.07. The van der Waals surface area contributed by atoms with Gasteiger partial charge in [-0.3, -0.25) is 4.79 Å². The summed E-state index contributed by atoms with van der Waals surface area (Å²) >= 11 is 6.01. The topological polar surface area (TPSA) is 39.4 Å². The molecule has 0 aliphatic rings. The van der Waals surface area contributed by atoms with Crippen molar-refractivity contribution in [2.24, 2.45) is 0 Å². The van der Waals surface area contributed by atoms with Crippen LogP contribution >= 0.6 is 11.6 Å². The number of fused-ring (bicyclic) bond motifs is 1. The third kappa shape index (κ3) is 5.66. The van der Waals surface area contributed by atoms with Crippen molar-refractivity contribution in [1.82, 2.24) is 0 Å².